The molecule has 0 aromatic heterocycles. The minimum absolute atomic E-state index is 0.833. The first-order chi connectivity index (χ1) is 11.4. The molecule has 0 atom stereocenters. The molecular formula is C7H26N12O7. The summed E-state index contributed by atoms with van der Waals surface area (Å²) >= 11 is 0. The molecule has 0 aliphatic heterocycles. The van der Waals surface area contributed by atoms with Crippen LogP contribution in [0.25, 0.3) is 0 Å². The molecule has 0 saturated heterocycles. The van der Waals surface area contributed by atoms with Gasteiger partial charge < -0.3 is 73.6 Å². The van der Waals surface area contributed by atoms with Crippen LogP contribution in [0.15, 0.2) is 0 Å². The van der Waals surface area contributed by atoms with E-state index in [-0.39, 0.29) is 0 Å². The summed E-state index contributed by atoms with van der Waals surface area (Å²) in [5.74, 6) is 0. The molecule has 19 heteroatoms. The zero-order valence-electron chi connectivity index (χ0n) is 13.5. The van der Waals surface area contributed by atoms with Gasteiger partial charge in [0.25, 0.3) is 0 Å². The molecule has 156 valence electrons. The van der Waals surface area contributed by atoms with E-state index >= 15 is 0 Å². The summed E-state index contributed by atoms with van der Waals surface area (Å²) < 4.78 is 0. The summed E-state index contributed by atoms with van der Waals surface area (Å²) in [6, 6.07) is -5.00. The van der Waals surface area contributed by atoms with E-state index in [0.29, 0.717) is 0 Å². The minimum Gasteiger partial charge on any atom is -0.352 e. The second-order valence-corrected chi connectivity index (χ2v) is 2.41. The molecule has 0 heterocycles. The second kappa shape index (κ2) is 42.7. The van der Waals surface area contributed by atoms with Gasteiger partial charge in [-0.2, -0.15) is 0 Å². The van der Waals surface area contributed by atoms with Gasteiger partial charge in [0.2, 0.25) is 0 Å². The van der Waals surface area contributed by atoms with Gasteiger partial charge >= 0.3 is 36.2 Å². The van der Waals surface area contributed by atoms with Crippen LogP contribution in [0.4, 0.5) is 28.8 Å². The van der Waals surface area contributed by atoms with Crippen molar-refractivity contribution in [3.05, 3.63) is 0 Å². The van der Waals surface area contributed by atoms with E-state index in [1.165, 1.54) is 0 Å². The third-order valence-corrected chi connectivity index (χ3v) is 0. The zero-order chi connectivity index (χ0) is 23.5. The number of nitrogens with two attached hydrogens (primary N) is 12. The fourth-order valence-electron chi connectivity index (χ4n) is 0. The SMILES string of the molecule is C=O.NC(N)=O.NC(N)=O.NC(N)=O.NC(N)=O.NC(N)=O.NC(N)=O. The summed E-state index contributed by atoms with van der Waals surface area (Å²) in [7, 11) is 0. The van der Waals surface area contributed by atoms with Gasteiger partial charge in [-0.1, -0.05) is 0 Å². The number of urea groups is 6. The molecule has 0 aromatic rings. The summed E-state index contributed by atoms with van der Waals surface area (Å²) in [5.41, 5.74) is 51.0. The van der Waals surface area contributed by atoms with Crippen LogP contribution >= 0.6 is 0 Å². The van der Waals surface area contributed by atoms with E-state index in [0.717, 1.165) is 0 Å². The lowest BCUT2D eigenvalue weighted by atomic mass is 11.2. The molecule has 0 fully saturated rings. The molecule has 0 aromatic carbocycles. The predicted molar refractivity (Wildman–Crippen MR) is 89.7 cm³/mol. The summed E-state index contributed by atoms with van der Waals surface area (Å²) in [5, 5.41) is 0. The maximum absolute atomic E-state index is 9.00. The largest absolute Gasteiger partial charge is 0.352 e. The Morgan fingerprint density at radius 3 is 0.308 bits per heavy atom. The van der Waals surface area contributed by atoms with Crippen LogP contribution in [0.1, 0.15) is 0 Å². The highest BCUT2D eigenvalue weighted by atomic mass is 16.2. The summed E-state index contributed by atoms with van der Waals surface area (Å²) in [6.07, 6.45) is 0. The maximum atomic E-state index is 9.00. The standard InChI is InChI=1S/6CH4N2O.CH2O/c6*2-1(3)4;1-2/h6*(H4,2,3,4);1H2. The zero-order valence-corrected chi connectivity index (χ0v) is 13.5. The predicted octanol–water partition coefficient (Wildman–Crippen LogP) is -6.04. The molecule has 0 rings (SSSR count). The van der Waals surface area contributed by atoms with Gasteiger partial charge in [-0.25, -0.2) is 28.8 Å². The Labute approximate surface area is 146 Å². The van der Waals surface area contributed by atoms with E-state index in [9.17, 15) is 0 Å². The smallest absolute Gasteiger partial charge is 0.309 e. The van der Waals surface area contributed by atoms with Crippen molar-refractivity contribution in [2.45, 2.75) is 0 Å². The van der Waals surface area contributed by atoms with Gasteiger partial charge in [-0.05, 0) is 0 Å². The number of primary amides is 12. The highest BCUT2D eigenvalue weighted by Gasteiger charge is 1.62. The van der Waals surface area contributed by atoms with Crippen LogP contribution in [0.2, 0.25) is 0 Å². The van der Waals surface area contributed by atoms with Crippen molar-refractivity contribution in [1.82, 2.24) is 0 Å². The Hall–Kier alpha value is -4.71. The van der Waals surface area contributed by atoms with Crippen LogP contribution in [0.3, 0.4) is 0 Å². The van der Waals surface area contributed by atoms with Crippen molar-refractivity contribution >= 4 is 43.0 Å². The Morgan fingerprint density at radius 2 is 0.308 bits per heavy atom. The molecule has 19 nitrogen and oxygen atoms in total. The number of amides is 12. The highest BCUT2D eigenvalue weighted by molar-refractivity contribution is 5.70. The van der Waals surface area contributed by atoms with E-state index in [4.69, 9.17) is 33.6 Å². The van der Waals surface area contributed by atoms with E-state index in [1.807, 2.05) is 6.79 Å². The van der Waals surface area contributed by atoms with Crippen molar-refractivity contribution in [2.24, 2.45) is 68.8 Å². The van der Waals surface area contributed by atoms with Crippen LogP contribution in [-0.2, 0) is 4.79 Å². The Balaban J connectivity index is -0.0000000327. The van der Waals surface area contributed by atoms with Crippen LogP contribution in [0.5, 0.6) is 0 Å². The summed E-state index contributed by atoms with van der Waals surface area (Å²) in [4.78, 5) is 62.0. The lowest BCUT2D eigenvalue weighted by Gasteiger charge is -1.62. The Morgan fingerprint density at radius 1 is 0.308 bits per heavy atom. The molecule has 26 heavy (non-hydrogen) atoms. The number of rotatable bonds is 0. The fraction of sp³-hybridized carbons (Fsp3) is 0. The molecule has 0 radical (unpaired) electrons. The highest BCUT2D eigenvalue weighted by Crippen LogP contribution is 1.27. The molecule has 0 saturated carbocycles. The molecule has 0 spiro atoms. The molecule has 12 amide bonds. The van der Waals surface area contributed by atoms with Gasteiger partial charge in [-0.15, -0.1) is 0 Å². The average Bonchev–Trinajstić information content (AvgIpc) is 2.25. The molecule has 0 aliphatic rings. The van der Waals surface area contributed by atoms with Crippen molar-refractivity contribution < 1.29 is 33.6 Å². The quantitative estimate of drug-likeness (QED) is 0.189. The van der Waals surface area contributed by atoms with E-state index in [2.05, 4.69) is 68.8 Å². The van der Waals surface area contributed by atoms with Gasteiger partial charge in [0, 0.05) is 0 Å². The molecule has 24 N–H and O–H groups in total. The third-order valence-electron chi connectivity index (χ3n) is 0. The maximum Gasteiger partial charge on any atom is 0.309 e. The Kier molecular flexibility index (Phi) is 70.6. The number of carbonyl (C=O) groups excluding carboxylic acids is 7. The monoisotopic (exact) mass is 390 g/mol. The number of hydrogen-bond acceptors (Lipinski definition) is 7. The van der Waals surface area contributed by atoms with Crippen LogP contribution in [0, 0.1) is 0 Å². The number of hydrogen-bond donors (Lipinski definition) is 12. The van der Waals surface area contributed by atoms with Crippen molar-refractivity contribution in [1.29, 1.82) is 0 Å². The summed E-state index contributed by atoms with van der Waals surface area (Å²) in [6.45, 7) is 2.00. The van der Waals surface area contributed by atoms with Gasteiger partial charge in [0.05, 0.1) is 0 Å². The van der Waals surface area contributed by atoms with Gasteiger partial charge in [-0.3, -0.25) is 0 Å². The normalized spacial score (nSPS) is 5.69. The van der Waals surface area contributed by atoms with E-state index < -0.39 is 36.2 Å². The molecule has 0 bridgehead atoms. The second-order valence-electron chi connectivity index (χ2n) is 2.41. The first kappa shape index (κ1) is 42.9. The first-order valence-electron chi connectivity index (χ1n) is 4.98. The fourth-order valence-corrected chi connectivity index (χ4v) is 0. The van der Waals surface area contributed by atoms with Crippen molar-refractivity contribution in [3.8, 4) is 0 Å². The first-order valence-corrected chi connectivity index (χ1v) is 4.98. The lowest BCUT2D eigenvalue weighted by Crippen LogP contribution is -2.18. The van der Waals surface area contributed by atoms with Crippen molar-refractivity contribution in [2.75, 3.05) is 0 Å². The Bertz CT molecular complexity index is 284. The average molecular weight is 390 g/mol. The third kappa shape index (κ3) is 291. The molecule has 0 aliphatic carbocycles. The van der Waals surface area contributed by atoms with E-state index in [1.54, 1.807) is 0 Å². The van der Waals surface area contributed by atoms with Gasteiger partial charge in [0.1, 0.15) is 6.79 Å². The van der Waals surface area contributed by atoms with Crippen LogP contribution in [-0.4, -0.2) is 43.0 Å². The van der Waals surface area contributed by atoms with Gasteiger partial charge in [0.15, 0.2) is 0 Å². The minimum atomic E-state index is -0.833. The lowest BCUT2D eigenvalue weighted by molar-refractivity contribution is -0.0980. The number of carbonyl (C=O) groups is 7. The van der Waals surface area contributed by atoms with Crippen LogP contribution < -0.4 is 68.8 Å². The topological polar surface area (TPSA) is 432 Å². The molecule has 0 unspecified atom stereocenters. The molecular weight excluding hydrogens is 364 g/mol. The van der Waals surface area contributed by atoms with Crippen molar-refractivity contribution in [3.63, 3.8) is 0 Å².